The van der Waals surface area contributed by atoms with Crippen molar-refractivity contribution in [2.45, 2.75) is 50.5 Å². The minimum absolute atomic E-state index is 0.0481. The minimum atomic E-state index is -1.37. The Bertz CT molecular complexity index is 393. The molecule has 0 bridgehead atoms. The number of nitrogens with one attached hydrogen (secondary N) is 2. The van der Waals surface area contributed by atoms with Crippen molar-refractivity contribution in [3.05, 3.63) is 0 Å². The lowest BCUT2D eigenvalue weighted by atomic mass is 9.97. The Balaban J connectivity index is 2.80. The SMILES string of the molecule is CNC(CO[C@H]1OC(CO)[C@H](O)[C@@H](O)C1NC(C)=O)C(C)=O. The van der Waals surface area contributed by atoms with Gasteiger partial charge in [-0.25, -0.2) is 0 Å². The molecule has 1 amide bonds. The van der Waals surface area contributed by atoms with Crippen LogP contribution in [0.3, 0.4) is 0 Å². The molecule has 1 aliphatic rings. The van der Waals surface area contributed by atoms with Gasteiger partial charge in [-0.05, 0) is 14.0 Å². The molecule has 128 valence electrons. The summed E-state index contributed by atoms with van der Waals surface area (Å²) in [7, 11) is 1.59. The highest BCUT2D eigenvalue weighted by Gasteiger charge is 2.45. The van der Waals surface area contributed by atoms with Gasteiger partial charge in [-0.3, -0.25) is 9.59 Å². The zero-order valence-corrected chi connectivity index (χ0v) is 12.9. The number of amides is 1. The summed E-state index contributed by atoms with van der Waals surface area (Å²) in [4.78, 5) is 22.6. The third-order valence-electron chi connectivity index (χ3n) is 3.52. The Labute approximate surface area is 128 Å². The minimum Gasteiger partial charge on any atom is -0.394 e. The van der Waals surface area contributed by atoms with Gasteiger partial charge in [0.15, 0.2) is 6.29 Å². The van der Waals surface area contributed by atoms with E-state index in [-0.39, 0.29) is 12.4 Å². The Hall–Kier alpha value is -1.10. The summed E-state index contributed by atoms with van der Waals surface area (Å²) in [6, 6.07) is -1.59. The zero-order chi connectivity index (χ0) is 16.9. The molecule has 9 nitrogen and oxygen atoms in total. The van der Waals surface area contributed by atoms with Crippen LogP contribution in [0.2, 0.25) is 0 Å². The molecule has 0 aromatic rings. The molecule has 6 atom stereocenters. The second-order valence-corrected chi connectivity index (χ2v) is 5.22. The van der Waals surface area contributed by atoms with Gasteiger partial charge in [-0.2, -0.15) is 0 Å². The second-order valence-electron chi connectivity index (χ2n) is 5.22. The maximum atomic E-state index is 11.4. The summed E-state index contributed by atoms with van der Waals surface area (Å²) in [5.74, 6) is -0.582. The number of carbonyl (C=O) groups is 2. The molecule has 0 radical (unpaired) electrons. The second kappa shape index (κ2) is 8.51. The predicted octanol–water partition coefficient (Wildman–Crippen LogP) is -2.88. The number of rotatable bonds is 7. The zero-order valence-electron chi connectivity index (χ0n) is 12.9. The molecule has 1 rings (SSSR count). The fourth-order valence-electron chi connectivity index (χ4n) is 2.21. The van der Waals surface area contributed by atoms with Gasteiger partial charge in [0, 0.05) is 6.92 Å². The summed E-state index contributed by atoms with van der Waals surface area (Å²) >= 11 is 0. The first-order valence-electron chi connectivity index (χ1n) is 7.00. The normalized spacial score (nSPS) is 33.3. The molecule has 0 spiro atoms. The number of aliphatic hydroxyl groups is 3. The first kappa shape index (κ1) is 18.9. The highest BCUT2D eigenvalue weighted by Crippen LogP contribution is 2.22. The van der Waals surface area contributed by atoms with Crippen molar-refractivity contribution in [3.63, 3.8) is 0 Å². The average Bonchev–Trinajstić information content (AvgIpc) is 2.45. The lowest BCUT2D eigenvalue weighted by molar-refractivity contribution is -0.270. The smallest absolute Gasteiger partial charge is 0.217 e. The molecule has 5 N–H and O–H groups in total. The summed E-state index contributed by atoms with van der Waals surface area (Å²) < 4.78 is 10.8. The Kier molecular flexibility index (Phi) is 7.33. The number of carbonyl (C=O) groups excluding carboxylic acids is 2. The summed E-state index contributed by atoms with van der Waals surface area (Å²) in [5, 5.41) is 34.3. The number of likely N-dealkylation sites (N-methyl/N-ethyl adjacent to an activating group) is 1. The van der Waals surface area contributed by atoms with E-state index >= 15 is 0 Å². The van der Waals surface area contributed by atoms with Crippen LogP contribution in [0.4, 0.5) is 0 Å². The Morgan fingerprint density at radius 1 is 1.27 bits per heavy atom. The van der Waals surface area contributed by atoms with Gasteiger partial charge < -0.3 is 35.4 Å². The van der Waals surface area contributed by atoms with Gasteiger partial charge in [-0.1, -0.05) is 0 Å². The van der Waals surface area contributed by atoms with E-state index in [1.807, 2.05) is 0 Å². The first-order chi connectivity index (χ1) is 10.3. The van der Waals surface area contributed by atoms with E-state index in [9.17, 15) is 24.9 Å². The molecule has 0 aliphatic carbocycles. The molecule has 1 saturated heterocycles. The Morgan fingerprint density at radius 2 is 1.91 bits per heavy atom. The summed E-state index contributed by atoms with van der Waals surface area (Å²) in [6.45, 7) is 2.08. The highest BCUT2D eigenvalue weighted by molar-refractivity contribution is 5.81. The van der Waals surface area contributed by atoms with E-state index in [1.54, 1.807) is 7.05 Å². The maximum absolute atomic E-state index is 11.4. The number of ether oxygens (including phenoxy) is 2. The maximum Gasteiger partial charge on any atom is 0.217 e. The quantitative estimate of drug-likeness (QED) is 0.337. The molecular formula is C13H24N2O7. The molecule has 0 aromatic heterocycles. The summed E-state index contributed by atoms with van der Waals surface area (Å²) in [5.41, 5.74) is 0. The van der Waals surface area contributed by atoms with Crippen molar-refractivity contribution in [1.82, 2.24) is 10.6 Å². The van der Waals surface area contributed by atoms with Crippen molar-refractivity contribution in [2.75, 3.05) is 20.3 Å². The molecule has 0 aromatic carbocycles. The lowest BCUT2D eigenvalue weighted by Gasteiger charge is -2.42. The van der Waals surface area contributed by atoms with E-state index in [1.165, 1.54) is 13.8 Å². The van der Waals surface area contributed by atoms with Crippen molar-refractivity contribution in [1.29, 1.82) is 0 Å². The van der Waals surface area contributed by atoms with Gasteiger partial charge in [0.2, 0.25) is 5.91 Å². The van der Waals surface area contributed by atoms with Crippen molar-refractivity contribution in [3.8, 4) is 0 Å². The third-order valence-corrected chi connectivity index (χ3v) is 3.52. The molecular weight excluding hydrogens is 296 g/mol. The number of hydrogen-bond donors (Lipinski definition) is 5. The highest BCUT2D eigenvalue weighted by atomic mass is 16.7. The molecule has 9 heteroatoms. The van der Waals surface area contributed by atoms with Crippen LogP contribution in [0.1, 0.15) is 13.8 Å². The van der Waals surface area contributed by atoms with Crippen molar-refractivity contribution in [2.24, 2.45) is 0 Å². The molecule has 0 saturated carbocycles. The molecule has 3 unspecified atom stereocenters. The van der Waals surface area contributed by atoms with Gasteiger partial charge in [0.05, 0.1) is 19.3 Å². The molecule has 1 aliphatic heterocycles. The predicted molar refractivity (Wildman–Crippen MR) is 74.8 cm³/mol. The first-order valence-corrected chi connectivity index (χ1v) is 7.00. The largest absolute Gasteiger partial charge is 0.394 e. The van der Waals surface area contributed by atoms with Crippen LogP contribution in [-0.4, -0.2) is 84.0 Å². The number of aliphatic hydroxyl groups excluding tert-OH is 3. The topological polar surface area (TPSA) is 137 Å². The van der Waals surface area contributed by atoms with Crippen LogP contribution in [0, 0.1) is 0 Å². The molecule has 22 heavy (non-hydrogen) atoms. The van der Waals surface area contributed by atoms with Crippen LogP contribution < -0.4 is 10.6 Å². The monoisotopic (exact) mass is 320 g/mol. The number of ketones is 1. The fourth-order valence-corrected chi connectivity index (χ4v) is 2.21. The van der Waals surface area contributed by atoms with Crippen LogP contribution >= 0.6 is 0 Å². The van der Waals surface area contributed by atoms with Crippen LogP contribution in [-0.2, 0) is 19.1 Å². The average molecular weight is 320 g/mol. The van der Waals surface area contributed by atoms with Crippen LogP contribution in [0.25, 0.3) is 0 Å². The van der Waals surface area contributed by atoms with E-state index < -0.39 is 49.2 Å². The summed E-state index contributed by atoms with van der Waals surface area (Å²) in [6.07, 6.45) is -4.88. The number of hydrogen-bond acceptors (Lipinski definition) is 8. The van der Waals surface area contributed by atoms with Gasteiger partial charge in [0.1, 0.15) is 30.1 Å². The third kappa shape index (κ3) is 4.70. The van der Waals surface area contributed by atoms with Gasteiger partial charge in [-0.15, -0.1) is 0 Å². The molecule has 1 heterocycles. The van der Waals surface area contributed by atoms with Crippen LogP contribution in [0.5, 0.6) is 0 Å². The van der Waals surface area contributed by atoms with Crippen LogP contribution in [0.15, 0.2) is 0 Å². The molecule has 1 fully saturated rings. The van der Waals surface area contributed by atoms with Crippen molar-refractivity contribution < 1.29 is 34.4 Å². The number of Topliss-reactive ketones (excluding diaryl/α,β-unsaturated/α-hetero) is 1. The van der Waals surface area contributed by atoms with Gasteiger partial charge in [0.25, 0.3) is 0 Å². The van der Waals surface area contributed by atoms with E-state index in [0.29, 0.717) is 0 Å². The van der Waals surface area contributed by atoms with Crippen molar-refractivity contribution >= 4 is 11.7 Å². The lowest BCUT2D eigenvalue weighted by Crippen LogP contribution is -2.65. The van der Waals surface area contributed by atoms with E-state index in [0.717, 1.165) is 0 Å². The Morgan fingerprint density at radius 3 is 2.36 bits per heavy atom. The van der Waals surface area contributed by atoms with E-state index in [2.05, 4.69) is 10.6 Å². The van der Waals surface area contributed by atoms with Gasteiger partial charge >= 0.3 is 0 Å². The standard InChI is InChI=1S/C13H24N2O7/c1-6(17)8(14-3)5-21-13-10(15-7(2)18)12(20)11(19)9(4-16)22-13/h8-14,16,19-20H,4-5H2,1-3H3,(H,15,18)/t8?,9?,10?,11-,12-,13-/m0/s1. The fraction of sp³-hybridized carbons (Fsp3) is 0.846. The van der Waals surface area contributed by atoms with E-state index in [4.69, 9.17) is 9.47 Å².